The molecule has 154 valence electrons. The number of pyridine rings is 1. The van der Waals surface area contributed by atoms with Crippen LogP contribution in [0.4, 0.5) is 11.5 Å². The molecule has 0 radical (unpaired) electrons. The van der Waals surface area contributed by atoms with Gasteiger partial charge in [-0.05, 0) is 55.1 Å². The van der Waals surface area contributed by atoms with Gasteiger partial charge in [0.25, 0.3) is 5.91 Å². The zero-order chi connectivity index (χ0) is 18.4. The normalized spacial score (nSPS) is 14.0. The minimum Gasteiger partial charge on any atom is -0.357 e. The van der Waals surface area contributed by atoms with Crippen LogP contribution in [0.3, 0.4) is 0 Å². The number of benzene rings is 1. The van der Waals surface area contributed by atoms with E-state index < -0.39 is 0 Å². The highest BCUT2D eigenvalue weighted by atomic mass is 35.5. The molecule has 2 aromatic rings. The molecule has 2 N–H and O–H groups in total. The summed E-state index contributed by atoms with van der Waals surface area (Å²) in [6, 6.07) is 11.7. The molecule has 0 spiro atoms. The highest BCUT2D eigenvalue weighted by Gasteiger charge is 2.17. The molecule has 3 rings (SSSR count). The number of rotatable bonds is 6. The summed E-state index contributed by atoms with van der Waals surface area (Å²) in [7, 11) is 0. The molecule has 2 heterocycles. The summed E-state index contributed by atoms with van der Waals surface area (Å²) in [4.78, 5) is 19.3. The van der Waals surface area contributed by atoms with Crippen molar-refractivity contribution in [3.05, 3.63) is 53.7 Å². The van der Waals surface area contributed by atoms with E-state index in [0.29, 0.717) is 5.56 Å². The van der Waals surface area contributed by atoms with Crippen molar-refractivity contribution in [2.45, 2.75) is 33.2 Å². The van der Waals surface area contributed by atoms with Crippen LogP contribution >= 0.6 is 24.8 Å². The van der Waals surface area contributed by atoms with Crippen LogP contribution in [-0.2, 0) is 6.54 Å². The highest BCUT2D eigenvalue weighted by molar-refractivity contribution is 6.04. The zero-order valence-electron chi connectivity index (χ0n) is 16.5. The number of nitrogens with zero attached hydrogens (tertiary/aromatic N) is 2. The molecule has 5 nitrogen and oxygen atoms in total. The second kappa shape index (κ2) is 11.9. The monoisotopic (exact) mass is 424 g/mol. The number of hydrogen-bond acceptors (Lipinski definition) is 4. The van der Waals surface area contributed by atoms with Crippen LogP contribution in [0, 0.1) is 5.92 Å². The molecule has 1 aromatic heterocycles. The van der Waals surface area contributed by atoms with E-state index in [0.717, 1.165) is 49.2 Å². The number of anilines is 2. The maximum absolute atomic E-state index is 12.5. The molecular weight excluding hydrogens is 395 g/mol. The number of amides is 1. The fraction of sp³-hybridized carbons (Fsp3) is 0.429. The minimum absolute atomic E-state index is 0. The quantitative estimate of drug-likeness (QED) is 0.715. The topological polar surface area (TPSA) is 57.3 Å². The van der Waals surface area contributed by atoms with Crippen molar-refractivity contribution < 1.29 is 4.79 Å². The summed E-state index contributed by atoms with van der Waals surface area (Å²) in [6.45, 7) is 8.17. The SMILES string of the molecule is CCNCc1cccc(NC(=O)c2ccc(N3CCC(C)CC3)nc2)c1.Cl.Cl. The third-order valence-corrected chi connectivity index (χ3v) is 4.88. The number of aromatic nitrogens is 1. The van der Waals surface area contributed by atoms with Crippen LogP contribution in [0.2, 0.25) is 0 Å². The maximum atomic E-state index is 12.5. The number of piperidine rings is 1. The Morgan fingerprint density at radius 3 is 2.57 bits per heavy atom. The van der Waals surface area contributed by atoms with Gasteiger partial charge in [0.1, 0.15) is 5.82 Å². The van der Waals surface area contributed by atoms with Crippen LogP contribution in [-0.4, -0.2) is 30.5 Å². The second-order valence-electron chi connectivity index (χ2n) is 7.01. The van der Waals surface area contributed by atoms with E-state index in [1.54, 1.807) is 6.20 Å². The fourth-order valence-corrected chi connectivity index (χ4v) is 3.18. The number of carbonyl (C=O) groups excluding carboxylic acids is 1. The van der Waals surface area contributed by atoms with Gasteiger partial charge >= 0.3 is 0 Å². The van der Waals surface area contributed by atoms with Crippen molar-refractivity contribution in [2.75, 3.05) is 29.9 Å². The van der Waals surface area contributed by atoms with Gasteiger partial charge in [-0.1, -0.05) is 26.0 Å². The Kier molecular flexibility index (Phi) is 10.3. The van der Waals surface area contributed by atoms with Gasteiger partial charge in [0.15, 0.2) is 0 Å². The van der Waals surface area contributed by atoms with Gasteiger partial charge < -0.3 is 15.5 Å². The molecule has 1 aromatic carbocycles. The van der Waals surface area contributed by atoms with Gasteiger partial charge in [0.2, 0.25) is 0 Å². The number of hydrogen-bond donors (Lipinski definition) is 2. The summed E-state index contributed by atoms with van der Waals surface area (Å²) in [5, 5.41) is 6.25. The molecular formula is C21H30Cl2N4O. The molecule has 7 heteroatoms. The Bertz CT molecular complexity index is 731. The lowest BCUT2D eigenvalue weighted by Gasteiger charge is -2.31. The Morgan fingerprint density at radius 1 is 1.18 bits per heavy atom. The van der Waals surface area contributed by atoms with Crippen molar-refractivity contribution >= 4 is 42.2 Å². The summed E-state index contributed by atoms with van der Waals surface area (Å²) < 4.78 is 0. The van der Waals surface area contributed by atoms with E-state index in [9.17, 15) is 4.79 Å². The third kappa shape index (κ3) is 6.66. The Hall–Kier alpha value is -1.82. The average Bonchev–Trinajstić information content (AvgIpc) is 2.67. The Balaban J connectivity index is 0.00000196. The van der Waals surface area contributed by atoms with Gasteiger partial charge in [0.05, 0.1) is 5.56 Å². The molecule has 0 aliphatic carbocycles. The van der Waals surface area contributed by atoms with E-state index in [-0.39, 0.29) is 30.7 Å². The highest BCUT2D eigenvalue weighted by Crippen LogP contribution is 2.21. The first kappa shape index (κ1) is 24.2. The molecule has 28 heavy (non-hydrogen) atoms. The van der Waals surface area contributed by atoms with Crippen molar-refractivity contribution in [1.29, 1.82) is 0 Å². The molecule has 1 saturated heterocycles. The van der Waals surface area contributed by atoms with Crippen LogP contribution in [0.1, 0.15) is 42.6 Å². The predicted octanol–water partition coefficient (Wildman–Crippen LogP) is 4.52. The van der Waals surface area contributed by atoms with Gasteiger partial charge in [-0.2, -0.15) is 0 Å². The van der Waals surface area contributed by atoms with E-state index in [1.807, 2.05) is 36.4 Å². The number of nitrogens with one attached hydrogen (secondary N) is 2. The zero-order valence-corrected chi connectivity index (χ0v) is 18.1. The lowest BCUT2D eigenvalue weighted by molar-refractivity contribution is 0.102. The van der Waals surface area contributed by atoms with Crippen LogP contribution in [0.25, 0.3) is 0 Å². The summed E-state index contributed by atoms with van der Waals surface area (Å²) in [6.07, 6.45) is 4.07. The van der Waals surface area contributed by atoms with Crippen molar-refractivity contribution in [1.82, 2.24) is 10.3 Å². The smallest absolute Gasteiger partial charge is 0.257 e. The maximum Gasteiger partial charge on any atom is 0.257 e. The molecule has 1 amide bonds. The lowest BCUT2D eigenvalue weighted by Crippen LogP contribution is -2.33. The third-order valence-electron chi connectivity index (χ3n) is 4.88. The first-order chi connectivity index (χ1) is 12.7. The molecule has 1 aliphatic rings. The van der Waals surface area contributed by atoms with E-state index in [1.165, 1.54) is 12.8 Å². The van der Waals surface area contributed by atoms with Gasteiger partial charge in [-0.25, -0.2) is 4.98 Å². The molecule has 0 atom stereocenters. The largest absolute Gasteiger partial charge is 0.357 e. The first-order valence-electron chi connectivity index (χ1n) is 9.47. The van der Waals surface area contributed by atoms with E-state index >= 15 is 0 Å². The van der Waals surface area contributed by atoms with Crippen molar-refractivity contribution in [2.24, 2.45) is 5.92 Å². The standard InChI is InChI=1S/C21H28N4O.2ClH/c1-3-22-14-17-5-4-6-19(13-17)24-21(26)18-7-8-20(23-15-18)25-11-9-16(2)10-12-25;;/h4-8,13,15-16,22H,3,9-12,14H2,1-2H3,(H,24,26);2*1H. The fourth-order valence-electron chi connectivity index (χ4n) is 3.18. The average molecular weight is 425 g/mol. The van der Waals surface area contributed by atoms with Crippen molar-refractivity contribution in [3.8, 4) is 0 Å². The molecule has 1 fully saturated rings. The Labute approximate surface area is 180 Å². The predicted molar refractivity (Wildman–Crippen MR) is 121 cm³/mol. The van der Waals surface area contributed by atoms with Crippen LogP contribution < -0.4 is 15.5 Å². The lowest BCUT2D eigenvalue weighted by atomic mass is 9.99. The molecule has 1 aliphatic heterocycles. The summed E-state index contributed by atoms with van der Waals surface area (Å²) >= 11 is 0. The van der Waals surface area contributed by atoms with Gasteiger partial charge in [0, 0.05) is 31.5 Å². The summed E-state index contributed by atoms with van der Waals surface area (Å²) in [5.41, 5.74) is 2.54. The number of halogens is 2. The summed E-state index contributed by atoms with van der Waals surface area (Å²) in [5.74, 6) is 1.62. The van der Waals surface area contributed by atoms with Crippen LogP contribution in [0.15, 0.2) is 42.6 Å². The molecule has 0 saturated carbocycles. The van der Waals surface area contributed by atoms with E-state index in [2.05, 4.69) is 34.4 Å². The second-order valence-corrected chi connectivity index (χ2v) is 7.01. The first-order valence-corrected chi connectivity index (χ1v) is 9.47. The Morgan fingerprint density at radius 2 is 1.93 bits per heavy atom. The van der Waals surface area contributed by atoms with Crippen molar-refractivity contribution in [3.63, 3.8) is 0 Å². The molecule has 0 unspecified atom stereocenters. The molecule has 0 bridgehead atoms. The minimum atomic E-state index is -0.128. The van der Waals surface area contributed by atoms with Gasteiger partial charge in [-0.15, -0.1) is 24.8 Å². The van der Waals surface area contributed by atoms with E-state index in [4.69, 9.17) is 0 Å². The number of carbonyl (C=O) groups is 1. The van der Waals surface area contributed by atoms with Crippen LogP contribution in [0.5, 0.6) is 0 Å². The van der Waals surface area contributed by atoms with Gasteiger partial charge in [-0.3, -0.25) is 4.79 Å².